The minimum atomic E-state index is -1.59. The molecule has 2 heterocycles. The van der Waals surface area contributed by atoms with Crippen molar-refractivity contribution < 1.29 is 33.9 Å². The molecule has 1 saturated heterocycles. The predicted octanol–water partition coefficient (Wildman–Crippen LogP) is -3.92. The quantitative estimate of drug-likeness (QED) is 0.154. The van der Waals surface area contributed by atoms with Gasteiger partial charge in [-0.3, -0.25) is 24.0 Å². The average molecular weight is 480 g/mol. The van der Waals surface area contributed by atoms with E-state index in [9.17, 15) is 33.9 Å². The maximum Gasteiger partial charge on any atom is 0.326 e. The molecule has 1 aromatic heterocycles. The minimum absolute atomic E-state index is 0.0810. The van der Waals surface area contributed by atoms with Crippen LogP contribution in [-0.2, 0) is 35.2 Å². The van der Waals surface area contributed by atoms with Crippen LogP contribution < -0.4 is 27.8 Å². The Kier molecular flexibility index (Phi) is 9.06. The first-order chi connectivity index (χ1) is 16.0. The first-order valence-electron chi connectivity index (χ1n) is 10.4. The van der Waals surface area contributed by atoms with Gasteiger partial charge in [-0.15, -0.1) is 0 Å². The molecule has 4 unspecified atom stereocenters. The number of primary amides is 2. The molecule has 186 valence electrons. The summed E-state index contributed by atoms with van der Waals surface area (Å²) in [6.45, 7) is 0.223. The SMILES string of the molecule is NC(=O)CC(N)C(=O)N1CCCC1C(=O)NC(Cc1cnc[nH]1)C(=O)NC(CC(N)=O)C(=O)O. The number of nitrogens with zero attached hydrogens (tertiary/aromatic N) is 2. The molecule has 15 heteroatoms. The van der Waals surface area contributed by atoms with Gasteiger partial charge in [0, 0.05) is 24.9 Å². The number of aromatic amines is 1. The number of amides is 5. The Hall–Kier alpha value is -4.01. The molecule has 1 aliphatic heterocycles. The summed E-state index contributed by atoms with van der Waals surface area (Å²) in [4.78, 5) is 79.9. The van der Waals surface area contributed by atoms with E-state index in [2.05, 4.69) is 20.6 Å². The van der Waals surface area contributed by atoms with Gasteiger partial charge < -0.3 is 42.8 Å². The van der Waals surface area contributed by atoms with Crippen LogP contribution in [0.4, 0.5) is 0 Å². The molecule has 1 aliphatic rings. The Bertz CT molecular complexity index is 935. The Morgan fingerprint density at radius 2 is 1.79 bits per heavy atom. The third-order valence-electron chi connectivity index (χ3n) is 5.21. The molecule has 1 aromatic rings. The summed E-state index contributed by atoms with van der Waals surface area (Å²) in [6.07, 6.45) is 2.44. The number of imidazole rings is 1. The number of aromatic nitrogens is 2. The lowest BCUT2D eigenvalue weighted by Crippen LogP contribution is -2.57. The summed E-state index contributed by atoms with van der Waals surface area (Å²) in [7, 11) is 0. The summed E-state index contributed by atoms with van der Waals surface area (Å²) in [5.74, 6) is -5.35. The van der Waals surface area contributed by atoms with Crippen molar-refractivity contribution >= 4 is 35.5 Å². The largest absolute Gasteiger partial charge is 0.480 e. The Morgan fingerprint density at radius 3 is 2.35 bits per heavy atom. The van der Waals surface area contributed by atoms with Crippen LogP contribution in [0.5, 0.6) is 0 Å². The monoisotopic (exact) mass is 480 g/mol. The first-order valence-corrected chi connectivity index (χ1v) is 10.4. The number of carboxylic acid groups (broad SMARTS) is 1. The van der Waals surface area contributed by atoms with E-state index in [1.807, 2.05) is 0 Å². The van der Waals surface area contributed by atoms with Gasteiger partial charge in [0.15, 0.2) is 0 Å². The number of nitrogens with two attached hydrogens (primary N) is 3. The third-order valence-corrected chi connectivity index (χ3v) is 5.21. The maximum atomic E-state index is 13.0. The number of rotatable bonds is 12. The van der Waals surface area contributed by atoms with Gasteiger partial charge in [-0.2, -0.15) is 0 Å². The zero-order chi connectivity index (χ0) is 25.4. The highest BCUT2D eigenvalue weighted by Crippen LogP contribution is 2.19. The molecule has 0 bridgehead atoms. The highest BCUT2D eigenvalue weighted by molar-refractivity contribution is 5.96. The van der Waals surface area contributed by atoms with E-state index in [0.29, 0.717) is 18.5 Å². The van der Waals surface area contributed by atoms with Gasteiger partial charge in [0.2, 0.25) is 29.5 Å². The van der Waals surface area contributed by atoms with E-state index in [0.717, 1.165) is 0 Å². The van der Waals surface area contributed by atoms with Gasteiger partial charge in [-0.05, 0) is 12.8 Å². The van der Waals surface area contributed by atoms with Crippen LogP contribution in [0.3, 0.4) is 0 Å². The normalized spacial score (nSPS) is 17.9. The summed E-state index contributed by atoms with van der Waals surface area (Å²) < 4.78 is 0. The zero-order valence-electron chi connectivity index (χ0n) is 18.2. The van der Waals surface area contributed by atoms with Gasteiger partial charge in [0.1, 0.15) is 18.1 Å². The van der Waals surface area contributed by atoms with E-state index in [-0.39, 0.29) is 19.4 Å². The number of hydrogen-bond donors (Lipinski definition) is 7. The van der Waals surface area contributed by atoms with Crippen LogP contribution in [0, 0.1) is 0 Å². The molecule has 0 spiro atoms. The topological polar surface area (TPSA) is 257 Å². The average Bonchev–Trinajstić information content (AvgIpc) is 3.43. The van der Waals surface area contributed by atoms with Crippen molar-refractivity contribution in [3.8, 4) is 0 Å². The van der Waals surface area contributed by atoms with Crippen LogP contribution in [0.2, 0.25) is 0 Å². The van der Waals surface area contributed by atoms with Crippen LogP contribution >= 0.6 is 0 Å². The smallest absolute Gasteiger partial charge is 0.326 e. The van der Waals surface area contributed by atoms with Crippen LogP contribution in [0.15, 0.2) is 12.5 Å². The van der Waals surface area contributed by atoms with E-state index in [1.165, 1.54) is 17.4 Å². The third kappa shape index (κ3) is 7.26. The number of hydrogen-bond acceptors (Lipinski definition) is 8. The lowest BCUT2D eigenvalue weighted by atomic mass is 10.1. The molecular weight excluding hydrogens is 452 g/mol. The molecule has 0 radical (unpaired) electrons. The first kappa shape index (κ1) is 26.2. The number of carboxylic acids is 1. The second-order valence-electron chi connectivity index (χ2n) is 7.88. The molecule has 15 nitrogen and oxygen atoms in total. The summed E-state index contributed by atoms with van der Waals surface area (Å²) in [5.41, 5.74) is 16.3. The van der Waals surface area contributed by atoms with E-state index in [1.54, 1.807) is 0 Å². The van der Waals surface area contributed by atoms with Gasteiger partial charge in [0.25, 0.3) is 0 Å². The van der Waals surface area contributed by atoms with Crippen LogP contribution in [0.25, 0.3) is 0 Å². The lowest BCUT2D eigenvalue weighted by molar-refractivity contribution is -0.144. The number of likely N-dealkylation sites (tertiary alicyclic amines) is 1. The summed E-state index contributed by atoms with van der Waals surface area (Å²) >= 11 is 0. The predicted molar refractivity (Wildman–Crippen MR) is 114 cm³/mol. The number of nitrogens with one attached hydrogen (secondary N) is 3. The number of carbonyl (C=O) groups excluding carboxylic acids is 5. The fourth-order valence-electron chi connectivity index (χ4n) is 3.59. The van der Waals surface area contributed by atoms with Gasteiger partial charge >= 0.3 is 5.97 Å². The fourth-order valence-corrected chi connectivity index (χ4v) is 3.59. The molecule has 10 N–H and O–H groups in total. The molecule has 34 heavy (non-hydrogen) atoms. The van der Waals surface area contributed by atoms with Crippen molar-refractivity contribution in [3.05, 3.63) is 18.2 Å². The van der Waals surface area contributed by atoms with Gasteiger partial charge in [-0.1, -0.05) is 0 Å². The van der Waals surface area contributed by atoms with Crippen molar-refractivity contribution in [2.45, 2.75) is 56.3 Å². The lowest BCUT2D eigenvalue weighted by Gasteiger charge is -2.28. The molecule has 1 fully saturated rings. The molecule has 2 rings (SSSR count). The van der Waals surface area contributed by atoms with Crippen molar-refractivity contribution in [2.24, 2.45) is 17.2 Å². The molecule has 0 aliphatic carbocycles. The van der Waals surface area contributed by atoms with Crippen molar-refractivity contribution in [1.29, 1.82) is 0 Å². The number of aliphatic carboxylic acids is 1. The highest BCUT2D eigenvalue weighted by atomic mass is 16.4. The second kappa shape index (κ2) is 11.7. The highest BCUT2D eigenvalue weighted by Gasteiger charge is 2.38. The minimum Gasteiger partial charge on any atom is -0.480 e. The fraction of sp³-hybridized carbons (Fsp3) is 0.526. The standard InChI is InChI=1S/C19H28N8O7/c20-10(5-14(21)28)18(32)27-3-1-2-13(27)17(31)25-11(4-9-7-23-8-24-9)16(30)26-12(19(33)34)6-15(22)29/h7-8,10-13H,1-6,20H2,(H2,21,28)(H2,22,29)(H,23,24)(H,25,31)(H,26,30)(H,33,34). The van der Waals surface area contributed by atoms with Crippen molar-refractivity contribution in [2.75, 3.05) is 6.54 Å². The number of carbonyl (C=O) groups is 6. The Balaban J connectivity index is 2.16. The summed E-state index contributed by atoms with van der Waals surface area (Å²) in [6, 6.07) is -5.02. The van der Waals surface area contributed by atoms with E-state index in [4.69, 9.17) is 17.2 Å². The maximum absolute atomic E-state index is 13.0. The molecule has 0 aromatic carbocycles. The second-order valence-corrected chi connectivity index (χ2v) is 7.88. The molecule has 5 amide bonds. The van der Waals surface area contributed by atoms with Crippen LogP contribution in [-0.4, -0.2) is 86.2 Å². The molecular formula is C19H28N8O7. The van der Waals surface area contributed by atoms with E-state index >= 15 is 0 Å². The van der Waals surface area contributed by atoms with Crippen LogP contribution in [0.1, 0.15) is 31.4 Å². The van der Waals surface area contributed by atoms with E-state index < -0.39 is 66.1 Å². The molecule has 4 atom stereocenters. The Labute approximate surface area is 193 Å². The van der Waals surface area contributed by atoms with Crippen molar-refractivity contribution in [3.63, 3.8) is 0 Å². The van der Waals surface area contributed by atoms with Gasteiger partial charge in [-0.25, -0.2) is 9.78 Å². The zero-order valence-corrected chi connectivity index (χ0v) is 18.2. The summed E-state index contributed by atoms with van der Waals surface area (Å²) in [5, 5.41) is 14.0. The molecule has 0 saturated carbocycles. The Morgan fingerprint density at radius 1 is 1.12 bits per heavy atom. The van der Waals surface area contributed by atoms with Crippen molar-refractivity contribution in [1.82, 2.24) is 25.5 Å². The van der Waals surface area contributed by atoms with Gasteiger partial charge in [0.05, 0.1) is 25.2 Å². The number of H-pyrrole nitrogens is 1.